The number of hydrogen-bond acceptors (Lipinski definition) is 2. The smallest absolute Gasteiger partial charge is 0.0426 e. The predicted octanol–water partition coefficient (Wildman–Crippen LogP) is 1.71. The van der Waals surface area contributed by atoms with Gasteiger partial charge in [-0.2, -0.15) is 0 Å². The van der Waals surface area contributed by atoms with Gasteiger partial charge in [-0.3, -0.25) is 0 Å². The molecule has 0 aliphatic rings. The number of halogens is 1. The van der Waals surface area contributed by atoms with Gasteiger partial charge in [-0.05, 0) is 18.2 Å². The second-order valence-electron chi connectivity index (χ2n) is 2.23. The average molecular weight is 171 g/mol. The highest BCUT2D eigenvalue weighted by molar-refractivity contribution is 6.30. The molecule has 3 heteroatoms. The van der Waals surface area contributed by atoms with Crippen molar-refractivity contribution in [1.29, 1.82) is 0 Å². The molecule has 0 amide bonds. The minimum atomic E-state index is 0.631. The summed E-state index contributed by atoms with van der Waals surface area (Å²) in [5.41, 5.74) is 6.34. The molecule has 0 spiro atoms. The second-order valence-corrected chi connectivity index (χ2v) is 2.66. The van der Waals surface area contributed by atoms with Gasteiger partial charge in [0.05, 0.1) is 0 Å². The van der Waals surface area contributed by atoms with E-state index in [9.17, 15) is 0 Å². The Morgan fingerprint density at radius 1 is 1.45 bits per heavy atom. The molecule has 0 bridgehead atoms. The molecule has 1 rings (SSSR count). The zero-order valence-corrected chi connectivity index (χ0v) is 6.93. The standard InChI is InChI=1S/C8H11ClN2/c9-7-2-1-3-8(6-7)11-5-4-10/h1-3,6,11H,4-5,10H2. The number of nitrogens with one attached hydrogen (secondary N) is 1. The molecule has 3 N–H and O–H groups in total. The topological polar surface area (TPSA) is 38.0 Å². The summed E-state index contributed by atoms with van der Waals surface area (Å²) in [6, 6.07) is 7.58. The summed E-state index contributed by atoms with van der Waals surface area (Å²) in [6.07, 6.45) is 0. The first-order chi connectivity index (χ1) is 5.33. The summed E-state index contributed by atoms with van der Waals surface area (Å²) in [4.78, 5) is 0. The Morgan fingerprint density at radius 2 is 2.27 bits per heavy atom. The van der Waals surface area contributed by atoms with Crippen molar-refractivity contribution in [2.45, 2.75) is 0 Å². The van der Waals surface area contributed by atoms with Gasteiger partial charge >= 0.3 is 0 Å². The van der Waals surface area contributed by atoms with E-state index in [0.717, 1.165) is 17.3 Å². The summed E-state index contributed by atoms with van der Waals surface area (Å²) >= 11 is 5.75. The van der Waals surface area contributed by atoms with Crippen LogP contribution < -0.4 is 11.1 Å². The fourth-order valence-electron chi connectivity index (χ4n) is 0.815. The molecule has 0 saturated heterocycles. The highest BCUT2D eigenvalue weighted by atomic mass is 35.5. The van der Waals surface area contributed by atoms with Crippen LogP contribution in [0.5, 0.6) is 0 Å². The van der Waals surface area contributed by atoms with E-state index in [0.29, 0.717) is 6.54 Å². The third-order valence-corrected chi connectivity index (χ3v) is 1.53. The first-order valence-electron chi connectivity index (χ1n) is 3.52. The molecule has 1 aromatic carbocycles. The van der Waals surface area contributed by atoms with Crippen LogP contribution in [0.3, 0.4) is 0 Å². The zero-order valence-electron chi connectivity index (χ0n) is 6.18. The van der Waals surface area contributed by atoms with Gasteiger partial charge in [0.1, 0.15) is 0 Å². The van der Waals surface area contributed by atoms with Crippen LogP contribution in [0.2, 0.25) is 5.02 Å². The minimum Gasteiger partial charge on any atom is -0.384 e. The van der Waals surface area contributed by atoms with Crippen LogP contribution in [0.1, 0.15) is 0 Å². The van der Waals surface area contributed by atoms with Crippen molar-refractivity contribution < 1.29 is 0 Å². The molecule has 0 aromatic heterocycles. The molecule has 0 heterocycles. The fraction of sp³-hybridized carbons (Fsp3) is 0.250. The summed E-state index contributed by atoms with van der Waals surface area (Å²) in [5, 5.41) is 3.87. The number of nitrogens with two attached hydrogens (primary N) is 1. The first kappa shape index (κ1) is 8.37. The van der Waals surface area contributed by atoms with Gasteiger partial charge in [-0.1, -0.05) is 17.7 Å². The Hall–Kier alpha value is -0.730. The Kier molecular flexibility index (Phi) is 3.20. The van der Waals surface area contributed by atoms with E-state index in [4.69, 9.17) is 17.3 Å². The Bertz CT molecular complexity index is 225. The molecule has 1 aromatic rings. The van der Waals surface area contributed by atoms with Crippen molar-refractivity contribution in [2.24, 2.45) is 5.73 Å². The molecule has 0 fully saturated rings. The SMILES string of the molecule is NCCNc1cccc(Cl)c1. The van der Waals surface area contributed by atoms with Crippen molar-refractivity contribution in [3.05, 3.63) is 29.3 Å². The maximum Gasteiger partial charge on any atom is 0.0426 e. The number of rotatable bonds is 3. The van der Waals surface area contributed by atoms with Crippen molar-refractivity contribution in [2.75, 3.05) is 18.4 Å². The van der Waals surface area contributed by atoms with E-state index < -0.39 is 0 Å². The van der Waals surface area contributed by atoms with Crippen LogP contribution in [0.15, 0.2) is 24.3 Å². The van der Waals surface area contributed by atoms with E-state index in [1.807, 2.05) is 24.3 Å². The third-order valence-electron chi connectivity index (χ3n) is 1.30. The van der Waals surface area contributed by atoms with Crippen molar-refractivity contribution in [3.63, 3.8) is 0 Å². The van der Waals surface area contributed by atoms with Crippen LogP contribution >= 0.6 is 11.6 Å². The van der Waals surface area contributed by atoms with E-state index in [-0.39, 0.29) is 0 Å². The monoisotopic (exact) mass is 170 g/mol. The lowest BCUT2D eigenvalue weighted by Gasteiger charge is -2.03. The Morgan fingerprint density at radius 3 is 2.91 bits per heavy atom. The van der Waals surface area contributed by atoms with Crippen LogP contribution in [0.4, 0.5) is 5.69 Å². The van der Waals surface area contributed by atoms with Gasteiger partial charge in [0.2, 0.25) is 0 Å². The third kappa shape index (κ3) is 2.78. The zero-order chi connectivity index (χ0) is 8.10. The van der Waals surface area contributed by atoms with Gasteiger partial charge < -0.3 is 11.1 Å². The van der Waals surface area contributed by atoms with Gasteiger partial charge in [-0.25, -0.2) is 0 Å². The van der Waals surface area contributed by atoms with Gasteiger partial charge in [0, 0.05) is 23.8 Å². The summed E-state index contributed by atoms with van der Waals surface area (Å²) in [5.74, 6) is 0. The molecular weight excluding hydrogens is 160 g/mol. The molecule has 0 atom stereocenters. The van der Waals surface area contributed by atoms with Crippen molar-refractivity contribution in [3.8, 4) is 0 Å². The lowest BCUT2D eigenvalue weighted by molar-refractivity contribution is 1.02. The van der Waals surface area contributed by atoms with Gasteiger partial charge in [-0.15, -0.1) is 0 Å². The molecule has 0 aliphatic carbocycles. The van der Waals surface area contributed by atoms with Crippen LogP contribution in [0, 0.1) is 0 Å². The summed E-state index contributed by atoms with van der Waals surface area (Å²) in [6.45, 7) is 1.41. The van der Waals surface area contributed by atoms with Gasteiger partial charge in [0.15, 0.2) is 0 Å². The van der Waals surface area contributed by atoms with E-state index >= 15 is 0 Å². The van der Waals surface area contributed by atoms with Gasteiger partial charge in [0.25, 0.3) is 0 Å². The van der Waals surface area contributed by atoms with Crippen molar-refractivity contribution in [1.82, 2.24) is 0 Å². The molecule has 2 nitrogen and oxygen atoms in total. The lowest BCUT2D eigenvalue weighted by atomic mass is 10.3. The minimum absolute atomic E-state index is 0.631. The average Bonchev–Trinajstić information content (AvgIpc) is 2.01. The van der Waals surface area contributed by atoms with E-state index in [1.165, 1.54) is 0 Å². The molecular formula is C8H11ClN2. The quantitative estimate of drug-likeness (QED) is 0.725. The fourth-order valence-corrected chi connectivity index (χ4v) is 1.01. The highest BCUT2D eigenvalue weighted by Crippen LogP contribution is 2.13. The number of benzene rings is 1. The normalized spacial score (nSPS) is 9.64. The highest BCUT2D eigenvalue weighted by Gasteiger charge is 1.90. The van der Waals surface area contributed by atoms with Crippen LogP contribution in [0.25, 0.3) is 0 Å². The molecule has 0 aliphatic heterocycles. The summed E-state index contributed by atoms with van der Waals surface area (Å²) in [7, 11) is 0. The molecule has 60 valence electrons. The second kappa shape index (κ2) is 4.21. The van der Waals surface area contributed by atoms with Crippen molar-refractivity contribution >= 4 is 17.3 Å². The molecule has 0 radical (unpaired) electrons. The van der Waals surface area contributed by atoms with Crippen LogP contribution in [-0.2, 0) is 0 Å². The van der Waals surface area contributed by atoms with Crippen LogP contribution in [-0.4, -0.2) is 13.1 Å². The maximum absolute atomic E-state index is 5.75. The predicted molar refractivity (Wildman–Crippen MR) is 49.0 cm³/mol. The Labute approximate surface area is 71.4 Å². The lowest BCUT2D eigenvalue weighted by Crippen LogP contribution is -2.12. The Balaban J connectivity index is 2.56. The molecule has 11 heavy (non-hydrogen) atoms. The number of hydrogen-bond donors (Lipinski definition) is 2. The largest absolute Gasteiger partial charge is 0.384 e. The van der Waals surface area contributed by atoms with E-state index in [2.05, 4.69) is 5.32 Å². The molecule has 0 saturated carbocycles. The summed E-state index contributed by atoms with van der Waals surface area (Å²) < 4.78 is 0. The maximum atomic E-state index is 5.75. The number of anilines is 1. The first-order valence-corrected chi connectivity index (χ1v) is 3.90. The molecule has 0 unspecified atom stereocenters. The van der Waals surface area contributed by atoms with E-state index in [1.54, 1.807) is 0 Å².